The number of hydrogen-bond donors (Lipinski definition) is 3. The van der Waals surface area contributed by atoms with E-state index < -0.39 is 0 Å². The van der Waals surface area contributed by atoms with E-state index in [0.29, 0.717) is 12.5 Å². The highest BCUT2D eigenvalue weighted by Crippen LogP contribution is 2.01. The van der Waals surface area contributed by atoms with Crippen molar-refractivity contribution < 1.29 is 9.59 Å². The van der Waals surface area contributed by atoms with Crippen molar-refractivity contribution in [2.75, 3.05) is 19.6 Å². The maximum absolute atomic E-state index is 11.4. The minimum absolute atomic E-state index is 0.00269. The fourth-order valence-corrected chi connectivity index (χ4v) is 1.56. The van der Waals surface area contributed by atoms with Gasteiger partial charge in [-0.25, -0.2) is 0 Å². The summed E-state index contributed by atoms with van der Waals surface area (Å²) in [6.07, 6.45) is 1.78. The Morgan fingerprint density at radius 1 is 1.56 bits per heavy atom. The lowest BCUT2D eigenvalue weighted by Crippen LogP contribution is -2.50. The SMILES string of the molecule is CC(C)CNC(=O)CNC1CCCNC1=O. The first kappa shape index (κ1) is 13.0. The van der Waals surface area contributed by atoms with E-state index in [4.69, 9.17) is 0 Å². The number of piperidine rings is 1. The molecule has 1 aliphatic rings. The van der Waals surface area contributed by atoms with E-state index in [2.05, 4.69) is 16.0 Å². The summed E-state index contributed by atoms with van der Waals surface area (Å²) in [5, 5.41) is 8.55. The molecule has 1 aliphatic heterocycles. The average Bonchev–Trinajstić information content (AvgIpc) is 2.25. The Hall–Kier alpha value is -1.10. The normalized spacial score (nSPS) is 20.7. The zero-order valence-electron chi connectivity index (χ0n) is 10.0. The molecule has 1 atom stereocenters. The van der Waals surface area contributed by atoms with Crippen molar-refractivity contribution in [3.8, 4) is 0 Å². The van der Waals surface area contributed by atoms with E-state index in [1.54, 1.807) is 0 Å². The van der Waals surface area contributed by atoms with Crippen LogP contribution in [0.25, 0.3) is 0 Å². The van der Waals surface area contributed by atoms with Gasteiger partial charge >= 0.3 is 0 Å². The summed E-state index contributed by atoms with van der Waals surface area (Å²) >= 11 is 0. The molecule has 0 aliphatic carbocycles. The minimum atomic E-state index is -0.210. The fourth-order valence-electron chi connectivity index (χ4n) is 1.56. The quantitative estimate of drug-likeness (QED) is 0.600. The molecular weight excluding hydrogens is 206 g/mol. The number of carbonyl (C=O) groups excluding carboxylic acids is 2. The van der Waals surface area contributed by atoms with Gasteiger partial charge in [0.15, 0.2) is 0 Å². The molecule has 0 saturated carbocycles. The molecule has 0 radical (unpaired) electrons. The lowest BCUT2D eigenvalue weighted by atomic mass is 10.1. The molecule has 1 saturated heterocycles. The monoisotopic (exact) mass is 227 g/mol. The third kappa shape index (κ3) is 4.61. The first-order valence-electron chi connectivity index (χ1n) is 5.87. The molecule has 1 heterocycles. The third-order valence-corrected chi connectivity index (χ3v) is 2.50. The minimum Gasteiger partial charge on any atom is -0.355 e. The molecule has 1 unspecified atom stereocenters. The molecule has 2 amide bonds. The summed E-state index contributed by atoms with van der Waals surface area (Å²) in [5.41, 5.74) is 0. The standard InChI is InChI=1S/C11H21N3O2/c1-8(2)6-14-10(15)7-13-9-4-3-5-12-11(9)16/h8-9,13H,3-7H2,1-2H3,(H,12,16)(H,14,15). The second-order valence-corrected chi connectivity index (χ2v) is 4.56. The number of rotatable bonds is 5. The van der Waals surface area contributed by atoms with Gasteiger partial charge in [-0.15, -0.1) is 0 Å². The lowest BCUT2D eigenvalue weighted by Gasteiger charge is -2.22. The van der Waals surface area contributed by atoms with Crippen LogP contribution in [0, 0.1) is 5.92 Å². The summed E-state index contributed by atoms with van der Waals surface area (Å²) in [6, 6.07) is -0.210. The van der Waals surface area contributed by atoms with Crippen LogP contribution < -0.4 is 16.0 Å². The molecule has 0 aromatic carbocycles. The second kappa shape index (κ2) is 6.48. The van der Waals surface area contributed by atoms with Crippen molar-refractivity contribution in [3.05, 3.63) is 0 Å². The van der Waals surface area contributed by atoms with Crippen LogP contribution in [0.5, 0.6) is 0 Å². The number of amides is 2. The predicted molar refractivity (Wildman–Crippen MR) is 61.9 cm³/mol. The highest BCUT2D eigenvalue weighted by molar-refractivity contribution is 5.84. The van der Waals surface area contributed by atoms with Gasteiger partial charge in [-0.3, -0.25) is 14.9 Å². The summed E-state index contributed by atoms with van der Waals surface area (Å²) in [5.74, 6) is 0.400. The Bertz CT molecular complexity index is 254. The van der Waals surface area contributed by atoms with E-state index in [0.717, 1.165) is 19.4 Å². The molecule has 3 N–H and O–H groups in total. The van der Waals surface area contributed by atoms with Crippen LogP contribution in [-0.2, 0) is 9.59 Å². The van der Waals surface area contributed by atoms with Crippen molar-refractivity contribution >= 4 is 11.8 Å². The van der Waals surface area contributed by atoms with E-state index in [1.807, 2.05) is 13.8 Å². The first-order chi connectivity index (χ1) is 7.59. The van der Waals surface area contributed by atoms with Crippen molar-refractivity contribution in [2.24, 2.45) is 5.92 Å². The van der Waals surface area contributed by atoms with Gasteiger partial charge in [0.1, 0.15) is 0 Å². The molecule has 0 aromatic heterocycles. The van der Waals surface area contributed by atoms with Gasteiger partial charge in [-0.05, 0) is 18.8 Å². The molecule has 5 nitrogen and oxygen atoms in total. The molecule has 1 rings (SSSR count). The van der Waals surface area contributed by atoms with Crippen LogP contribution in [0.1, 0.15) is 26.7 Å². The maximum atomic E-state index is 11.4. The van der Waals surface area contributed by atoms with Crippen LogP contribution in [0.3, 0.4) is 0 Å². The topological polar surface area (TPSA) is 70.2 Å². The van der Waals surface area contributed by atoms with Gasteiger partial charge in [0.05, 0.1) is 12.6 Å². The summed E-state index contributed by atoms with van der Waals surface area (Å²) in [4.78, 5) is 22.8. The molecule has 5 heteroatoms. The van der Waals surface area contributed by atoms with Gasteiger partial charge in [0.2, 0.25) is 11.8 Å². The number of hydrogen-bond acceptors (Lipinski definition) is 3. The van der Waals surface area contributed by atoms with Gasteiger partial charge in [-0.1, -0.05) is 13.8 Å². The van der Waals surface area contributed by atoms with Gasteiger partial charge in [0.25, 0.3) is 0 Å². The van der Waals surface area contributed by atoms with E-state index in [-0.39, 0.29) is 24.4 Å². The van der Waals surface area contributed by atoms with E-state index in [9.17, 15) is 9.59 Å². The van der Waals surface area contributed by atoms with Crippen molar-refractivity contribution in [1.82, 2.24) is 16.0 Å². The third-order valence-electron chi connectivity index (χ3n) is 2.50. The fraction of sp³-hybridized carbons (Fsp3) is 0.818. The Kier molecular flexibility index (Phi) is 5.25. The smallest absolute Gasteiger partial charge is 0.237 e. The van der Waals surface area contributed by atoms with E-state index >= 15 is 0 Å². The van der Waals surface area contributed by atoms with Gasteiger partial charge in [0, 0.05) is 13.1 Å². The predicted octanol–water partition coefficient (Wildman–Crippen LogP) is -0.373. The van der Waals surface area contributed by atoms with Crippen LogP contribution in [0.4, 0.5) is 0 Å². The largest absolute Gasteiger partial charge is 0.355 e. The Labute approximate surface area is 96.4 Å². The Morgan fingerprint density at radius 3 is 2.94 bits per heavy atom. The number of nitrogens with one attached hydrogen (secondary N) is 3. The first-order valence-corrected chi connectivity index (χ1v) is 5.87. The zero-order chi connectivity index (χ0) is 12.0. The maximum Gasteiger partial charge on any atom is 0.237 e. The summed E-state index contributed by atoms with van der Waals surface area (Å²) < 4.78 is 0. The van der Waals surface area contributed by atoms with Crippen molar-refractivity contribution in [3.63, 3.8) is 0 Å². The van der Waals surface area contributed by atoms with Crippen LogP contribution in [0.2, 0.25) is 0 Å². The van der Waals surface area contributed by atoms with Gasteiger partial charge < -0.3 is 10.6 Å². The van der Waals surface area contributed by atoms with Crippen molar-refractivity contribution in [1.29, 1.82) is 0 Å². The molecular formula is C11H21N3O2. The summed E-state index contributed by atoms with van der Waals surface area (Å²) in [6.45, 7) is 5.73. The Morgan fingerprint density at radius 2 is 2.31 bits per heavy atom. The molecule has 0 aromatic rings. The number of carbonyl (C=O) groups is 2. The van der Waals surface area contributed by atoms with Gasteiger partial charge in [-0.2, -0.15) is 0 Å². The molecule has 92 valence electrons. The average molecular weight is 227 g/mol. The molecule has 0 spiro atoms. The highest BCUT2D eigenvalue weighted by atomic mass is 16.2. The van der Waals surface area contributed by atoms with Crippen LogP contribution in [0.15, 0.2) is 0 Å². The molecule has 16 heavy (non-hydrogen) atoms. The highest BCUT2D eigenvalue weighted by Gasteiger charge is 2.21. The van der Waals surface area contributed by atoms with Crippen LogP contribution in [-0.4, -0.2) is 37.5 Å². The lowest BCUT2D eigenvalue weighted by molar-refractivity contribution is -0.125. The second-order valence-electron chi connectivity index (χ2n) is 4.56. The Balaban J connectivity index is 2.17. The van der Waals surface area contributed by atoms with Crippen molar-refractivity contribution in [2.45, 2.75) is 32.7 Å². The van der Waals surface area contributed by atoms with Crippen LogP contribution >= 0.6 is 0 Å². The molecule has 1 fully saturated rings. The molecule has 0 bridgehead atoms. The van der Waals surface area contributed by atoms with E-state index in [1.165, 1.54) is 0 Å². The summed E-state index contributed by atoms with van der Waals surface area (Å²) in [7, 11) is 0. The zero-order valence-corrected chi connectivity index (χ0v) is 10.0.